The highest BCUT2D eigenvalue weighted by Gasteiger charge is 2.13. The van der Waals surface area contributed by atoms with E-state index in [9.17, 15) is 4.79 Å². The number of ketones is 1. The molecule has 6 heteroatoms. The second-order valence-electron chi connectivity index (χ2n) is 6.11. The average Bonchev–Trinajstić information content (AvgIpc) is 3.19. The molecule has 0 unspecified atom stereocenters. The van der Waals surface area contributed by atoms with Gasteiger partial charge in [0.1, 0.15) is 23.0 Å². The number of methoxy groups -OCH3 is 1. The SMILES string of the molecule is C=C(OC)c1csc(C(=O)COc2ccc(OCCCCCCC)cc2)n1. The average molecular weight is 390 g/mol. The number of aromatic nitrogens is 1. The normalized spacial score (nSPS) is 10.4. The van der Waals surface area contributed by atoms with Crippen LogP contribution in [0, 0.1) is 0 Å². The van der Waals surface area contributed by atoms with Crippen LogP contribution in [0.15, 0.2) is 36.2 Å². The Bertz CT molecular complexity index is 724. The minimum Gasteiger partial charge on any atom is -0.495 e. The third-order valence-electron chi connectivity index (χ3n) is 3.99. The highest BCUT2D eigenvalue weighted by molar-refractivity contribution is 7.11. The summed E-state index contributed by atoms with van der Waals surface area (Å²) in [6.45, 7) is 6.59. The maximum Gasteiger partial charge on any atom is 0.228 e. The van der Waals surface area contributed by atoms with E-state index >= 15 is 0 Å². The van der Waals surface area contributed by atoms with E-state index in [4.69, 9.17) is 14.2 Å². The molecular formula is C21H27NO4S. The molecule has 0 saturated carbocycles. The lowest BCUT2D eigenvalue weighted by atomic mass is 10.2. The zero-order chi connectivity index (χ0) is 19.5. The lowest BCUT2D eigenvalue weighted by Gasteiger charge is -2.08. The number of rotatable bonds is 13. The third kappa shape index (κ3) is 7.06. The van der Waals surface area contributed by atoms with Crippen molar-refractivity contribution in [1.82, 2.24) is 4.98 Å². The molecule has 0 amide bonds. The van der Waals surface area contributed by atoms with Crippen LogP contribution in [0.5, 0.6) is 11.5 Å². The van der Waals surface area contributed by atoms with Gasteiger partial charge in [-0.3, -0.25) is 4.79 Å². The quantitative estimate of drug-likeness (QED) is 0.262. The summed E-state index contributed by atoms with van der Waals surface area (Å²) in [5.41, 5.74) is 0.571. The highest BCUT2D eigenvalue weighted by Crippen LogP contribution is 2.20. The number of ether oxygens (including phenoxy) is 3. The summed E-state index contributed by atoms with van der Waals surface area (Å²) in [6, 6.07) is 7.32. The van der Waals surface area contributed by atoms with Crippen molar-refractivity contribution in [3.8, 4) is 11.5 Å². The van der Waals surface area contributed by atoms with E-state index in [1.165, 1.54) is 44.1 Å². The molecular weight excluding hydrogens is 362 g/mol. The number of thiazole rings is 1. The smallest absolute Gasteiger partial charge is 0.228 e. The first-order valence-corrected chi connectivity index (χ1v) is 10.1. The summed E-state index contributed by atoms with van der Waals surface area (Å²) >= 11 is 1.25. The van der Waals surface area contributed by atoms with Crippen molar-refractivity contribution in [2.45, 2.75) is 39.0 Å². The van der Waals surface area contributed by atoms with E-state index < -0.39 is 0 Å². The van der Waals surface area contributed by atoms with Crippen LogP contribution in [0.25, 0.3) is 5.76 Å². The molecule has 0 aliphatic heterocycles. The molecule has 2 rings (SSSR count). The number of hydrogen-bond donors (Lipinski definition) is 0. The molecule has 0 N–H and O–H groups in total. The molecule has 0 aliphatic rings. The highest BCUT2D eigenvalue weighted by atomic mass is 32.1. The molecule has 1 aromatic heterocycles. The van der Waals surface area contributed by atoms with Crippen LogP contribution in [0.2, 0.25) is 0 Å². The predicted octanol–water partition coefficient (Wildman–Crippen LogP) is 5.37. The topological polar surface area (TPSA) is 57.7 Å². The maximum absolute atomic E-state index is 12.2. The Labute approximate surface area is 165 Å². The Kier molecular flexibility index (Phi) is 8.84. The van der Waals surface area contributed by atoms with E-state index in [1.54, 1.807) is 17.5 Å². The van der Waals surface area contributed by atoms with Crippen molar-refractivity contribution in [3.05, 3.63) is 46.9 Å². The minimum absolute atomic E-state index is 0.0654. The molecule has 27 heavy (non-hydrogen) atoms. The van der Waals surface area contributed by atoms with Gasteiger partial charge in [-0.25, -0.2) is 4.98 Å². The maximum atomic E-state index is 12.2. The molecule has 1 heterocycles. The zero-order valence-corrected chi connectivity index (χ0v) is 16.8. The van der Waals surface area contributed by atoms with Gasteiger partial charge in [0.05, 0.1) is 13.7 Å². The van der Waals surface area contributed by atoms with Gasteiger partial charge in [0, 0.05) is 5.38 Å². The summed E-state index contributed by atoms with van der Waals surface area (Å²) in [4.78, 5) is 16.4. The lowest BCUT2D eigenvalue weighted by molar-refractivity contribution is 0.0921. The van der Waals surface area contributed by atoms with Crippen molar-refractivity contribution >= 4 is 22.9 Å². The summed E-state index contributed by atoms with van der Waals surface area (Å²) in [5.74, 6) is 1.69. The first kappa shape index (κ1) is 21.0. The molecule has 0 spiro atoms. The van der Waals surface area contributed by atoms with Gasteiger partial charge in [0.2, 0.25) is 5.78 Å². The summed E-state index contributed by atoms with van der Waals surface area (Å²) < 4.78 is 16.3. The van der Waals surface area contributed by atoms with Crippen molar-refractivity contribution in [2.24, 2.45) is 0 Å². The monoisotopic (exact) mass is 389 g/mol. The Morgan fingerprint density at radius 3 is 2.41 bits per heavy atom. The van der Waals surface area contributed by atoms with Crippen LogP contribution >= 0.6 is 11.3 Å². The van der Waals surface area contributed by atoms with Crippen LogP contribution in [0.1, 0.15) is 54.5 Å². The first-order chi connectivity index (χ1) is 13.1. The van der Waals surface area contributed by atoms with Crippen LogP contribution in [-0.4, -0.2) is 31.1 Å². The van der Waals surface area contributed by atoms with Gasteiger partial charge < -0.3 is 14.2 Å². The lowest BCUT2D eigenvalue weighted by Crippen LogP contribution is -2.11. The van der Waals surface area contributed by atoms with Crippen molar-refractivity contribution in [2.75, 3.05) is 20.3 Å². The predicted molar refractivity (Wildman–Crippen MR) is 109 cm³/mol. The standard InChI is InChI=1S/C21H27NO4S/c1-4-5-6-7-8-13-25-17-9-11-18(12-10-17)26-14-20(23)21-22-19(15-27-21)16(2)24-3/h9-12,15H,2,4-8,13-14H2,1,3H3. The molecule has 0 radical (unpaired) electrons. The summed E-state index contributed by atoms with van der Waals surface area (Å²) in [5, 5.41) is 2.12. The number of Topliss-reactive ketones (excluding diaryl/α,β-unsaturated/α-hetero) is 1. The fourth-order valence-corrected chi connectivity index (χ4v) is 3.12. The van der Waals surface area contributed by atoms with Gasteiger partial charge in [-0.05, 0) is 30.7 Å². The number of carbonyl (C=O) groups excluding carboxylic acids is 1. The van der Waals surface area contributed by atoms with E-state index in [-0.39, 0.29) is 12.4 Å². The van der Waals surface area contributed by atoms with Crippen LogP contribution in [-0.2, 0) is 4.74 Å². The van der Waals surface area contributed by atoms with E-state index in [1.807, 2.05) is 12.1 Å². The van der Waals surface area contributed by atoms with E-state index in [2.05, 4.69) is 18.5 Å². The van der Waals surface area contributed by atoms with Gasteiger partial charge in [-0.2, -0.15) is 0 Å². The number of benzene rings is 1. The van der Waals surface area contributed by atoms with Crippen molar-refractivity contribution in [1.29, 1.82) is 0 Å². The van der Waals surface area contributed by atoms with Crippen LogP contribution in [0.3, 0.4) is 0 Å². The Balaban J connectivity index is 1.73. The fourth-order valence-electron chi connectivity index (χ4n) is 2.37. The third-order valence-corrected chi connectivity index (χ3v) is 4.87. The van der Waals surface area contributed by atoms with E-state index in [0.717, 1.165) is 18.8 Å². The minimum atomic E-state index is -0.178. The second-order valence-corrected chi connectivity index (χ2v) is 6.97. The largest absolute Gasteiger partial charge is 0.495 e. The molecule has 0 saturated heterocycles. The molecule has 2 aromatic rings. The Morgan fingerprint density at radius 2 is 1.74 bits per heavy atom. The van der Waals surface area contributed by atoms with E-state index in [0.29, 0.717) is 22.2 Å². The molecule has 0 fully saturated rings. The van der Waals surface area contributed by atoms with Gasteiger partial charge >= 0.3 is 0 Å². The molecule has 146 valence electrons. The zero-order valence-electron chi connectivity index (χ0n) is 16.0. The molecule has 0 atom stereocenters. The molecule has 0 aliphatic carbocycles. The molecule has 0 bridgehead atoms. The van der Waals surface area contributed by atoms with Crippen molar-refractivity contribution < 1.29 is 19.0 Å². The van der Waals surface area contributed by atoms with Gasteiger partial charge in [0.15, 0.2) is 11.6 Å². The number of nitrogens with zero attached hydrogens (tertiary/aromatic N) is 1. The first-order valence-electron chi connectivity index (χ1n) is 9.21. The number of carbonyl (C=O) groups is 1. The fraction of sp³-hybridized carbons (Fsp3) is 0.429. The van der Waals surface area contributed by atoms with Crippen LogP contribution < -0.4 is 9.47 Å². The van der Waals surface area contributed by atoms with Gasteiger partial charge in [-0.1, -0.05) is 39.2 Å². The van der Waals surface area contributed by atoms with Crippen LogP contribution in [0.4, 0.5) is 0 Å². The molecule has 5 nitrogen and oxygen atoms in total. The second kappa shape index (κ2) is 11.4. The molecule has 1 aromatic carbocycles. The Morgan fingerprint density at radius 1 is 1.07 bits per heavy atom. The Hall–Kier alpha value is -2.34. The number of unbranched alkanes of at least 4 members (excludes halogenated alkanes) is 4. The van der Waals surface area contributed by atoms with Gasteiger partial charge in [0.25, 0.3) is 0 Å². The number of hydrogen-bond acceptors (Lipinski definition) is 6. The van der Waals surface area contributed by atoms with Crippen molar-refractivity contribution in [3.63, 3.8) is 0 Å². The summed E-state index contributed by atoms with van der Waals surface area (Å²) in [6.07, 6.45) is 6.07. The summed E-state index contributed by atoms with van der Waals surface area (Å²) in [7, 11) is 1.52. The van der Waals surface area contributed by atoms with Gasteiger partial charge in [-0.15, -0.1) is 11.3 Å².